The Morgan fingerprint density at radius 1 is 1.29 bits per heavy atom. The van der Waals surface area contributed by atoms with E-state index in [1.54, 1.807) is 12.1 Å². The van der Waals surface area contributed by atoms with E-state index in [0.717, 1.165) is 3.57 Å². The second kappa shape index (κ2) is 4.60. The number of rotatable bonds is 2. The molecule has 1 rings (SSSR count). The first-order valence-electron chi connectivity index (χ1n) is 3.52. The molecule has 0 unspecified atom stereocenters. The van der Waals surface area contributed by atoms with E-state index in [-0.39, 0.29) is 5.69 Å². The van der Waals surface area contributed by atoms with Crippen LogP contribution in [0.5, 0.6) is 0 Å². The lowest BCUT2D eigenvalue weighted by atomic mass is 10.3. The van der Waals surface area contributed by atoms with Crippen LogP contribution in [0.25, 0.3) is 0 Å². The number of hydrogen-bond donors (Lipinski definition) is 2. The van der Waals surface area contributed by atoms with Crippen molar-refractivity contribution in [3.63, 3.8) is 0 Å². The van der Waals surface area contributed by atoms with Gasteiger partial charge in [0.2, 0.25) is 10.9 Å². The van der Waals surface area contributed by atoms with Gasteiger partial charge in [0.25, 0.3) is 0 Å². The summed E-state index contributed by atoms with van der Waals surface area (Å²) in [6.07, 6.45) is 0. The van der Waals surface area contributed by atoms with Gasteiger partial charge in [0.15, 0.2) is 0 Å². The summed E-state index contributed by atoms with van der Waals surface area (Å²) < 4.78 is 22.8. The highest BCUT2D eigenvalue weighted by atomic mass is 127. The van der Waals surface area contributed by atoms with Gasteiger partial charge in [-0.1, -0.05) is 0 Å². The number of amides is 2. The van der Waals surface area contributed by atoms with Gasteiger partial charge in [0.1, 0.15) is 0 Å². The number of anilines is 1. The van der Waals surface area contributed by atoms with Crippen LogP contribution in [-0.4, -0.2) is 14.4 Å². The first-order valence-corrected chi connectivity index (χ1v) is 5.72. The lowest BCUT2D eigenvalue weighted by molar-refractivity contribution is 0.257. The molecule has 0 spiro atoms. The summed E-state index contributed by atoms with van der Waals surface area (Å²) in [5.41, 5.74) is 5.15. The molecule has 76 valence electrons. The molecule has 7 heteroatoms. The fourth-order valence-corrected chi connectivity index (χ4v) is 1.73. The summed E-state index contributed by atoms with van der Waals surface area (Å²) in [7, 11) is -3.03. The van der Waals surface area contributed by atoms with Crippen LogP contribution >= 0.6 is 22.6 Å². The van der Waals surface area contributed by atoms with E-state index in [1.165, 1.54) is 12.1 Å². The molecule has 0 radical (unpaired) electrons. The quantitative estimate of drug-likeness (QED) is 0.620. The fraction of sp³-hybridized carbons (Fsp3) is 0. The molecule has 0 atom stereocenters. The molecule has 0 saturated carbocycles. The summed E-state index contributed by atoms with van der Waals surface area (Å²) in [4.78, 5) is 10.8. The summed E-state index contributed by atoms with van der Waals surface area (Å²) in [5, 5.41) is 0. The highest BCUT2D eigenvalue weighted by molar-refractivity contribution is 14.1. The van der Waals surface area contributed by atoms with Gasteiger partial charge in [-0.15, -0.1) is 0 Å². The van der Waals surface area contributed by atoms with Gasteiger partial charge in [-0.25, -0.2) is 13.2 Å². The van der Waals surface area contributed by atoms with Crippen molar-refractivity contribution >= 4 is 45.2 Å². The van der Waals surface area contributed by atoms with Crippen molar-refractivity contribution in [3.05, 3.63) is 27.8 Å². The first kappa shape index (κ1) is 11.2. The number of primary amides is 1. The number of thiol groups is 1. The van der Waals surface area contributed by atoms with E-state index in [2.05, 4.69) is 22.6 Å². The Morgan fingerprint density at radius 3 is 2.14 bits per heavy atom. The third kappa shape index (κ3) is 2.58. The van der Waals surface area contributed by atoms with Crippen molar-refractivity contribution in [1.29, 1.82) is 0 Å². The van der Waals surface area contributed by atoms with Gasteiger partial charge >= 0.3 is 6.03 Å². The van der Waals surface area contributed by atoms with E-state index in [9.17, 15) is 13.2 Å². The second-order valence-corrected chi connectivity index (χ2v) is 4.49. The number of nitrogens with zero attached hydrogens (tertiary/aromatic N) is 1. The molecule has 0 saturated heterocycles. The molecule has 0 aliphatic heterocycles. The van der Waals surface area contributed by atoms with Gasteiger partial charge in [-0.2, -0.15) is 4.31 Å². The van der Waals surface area contributed by atoms with Gasteiger partial charge < -0.3 is 5.73 Å². The third-order valence-corrected chi connectivity index (χ3v) is 2.92. The van der Waals surface area contributed by atoms with E-state index >= 15 is 0 Å². The summed E-state index contributed by atoms with van der Waals surface area (Å²) in [5.74, 6) is 0. The normalized spacial score (nSPS) is 10.1. The molecule has 0 aliphatic rings. The van der Waals surface area contributed by atoms with Crippen LogP contribution in [0, 0.1) is 3.57 Å². The topological polar surface area (TPSA) is 80.5 Å². The summed E-state index contributed by atoms with van der Waals surface area (Å²) in [6, 6.07) is 5.38. The SMILES string of the molecule is NC(=O)N(c1ccc(I)cc1)[SH](=O)=O. The van der Waals surface area contributed by atoms with Crippen molar-refractivity contribution in [2.45, 2.75) is 0 Å². The molecule has 0 fully saturated rings. The number of carbonyl (C=O) groups is 1. The van der Waals surface area contributed by atoms with Crippen molar-refractivity contribution in [2.24, 2.45) is 5.73 Å². The Morgan fingerprint density at radius 2 is 1.79 bits per heavy atom. The largest absolute Gasteiger partial charge is 0.350 e. The monoisotopic (exact) mass is 326 g/mol. The molecule has 1 aromatic carbocycles. The van der Waals surface area contributed by atoms with Gasteiger partial charge in [0.05, 0.1) is 5.69 Å². The molecule has 2 N–H and O–H groups in total. The maximum Gasteiger partial charge on any atom is 0.333 e. The Balaban J connectivity index is 3.12. The maximum atomic E-state index is 10.8. The molecule has 0 aliphatic carbocycles. The van der Waals surface area contributed by atoms with E-state index in [4.69, 9.17) is 5.73 Å². The van der Waals surface area contributed by atoms with Crippen LogP contribution in [0.15, 0.2) is 24.3 Å². The van der Waals surface area contributed by atoms with Gasteiger partial charge in [-0.05, 0) is 46.9 Å². The molecule has 5 nitrogen and oxygen atoms in total. The molecule has 2 amide bonds. The number of urea groups is 1. The minimum Gasteiger partial charge on any atom is -0.350 e. The maximum absolute atomic E-state index is 10.8. The van der Waals surface area contributed by atoms with Crippen LogP contribution in [0.3, 0.4) is 0 Å². The molecular formula is C7H7IN2O3S. The summed E-state index contributed by atoms with van der Waals surface area (Å²) >= 11 is 2.07. The Bertz CT molecular complexity index is 407. The highest BCUT2D eigenvalue weighted by Crippen LogP contribution is 2.16. The fourth-order valence-electron chi connectivity index (χ4n) is 0.884. The van der Waals surface area contributed by atoms with Gasteiger partial charge in [0, 0.05) is 3.57 Å². The number of benzene rings is 1. The molecule has 0 heterocycles. The first-order chi connectivity index (χ1) is 6.52. The Kier molecular flexibility index (Phi) is 3.69. The number of halogens is 1. The van der Waals surface area contributed by atoms with Crippen LogP contribution in [0.1, 0.15) is 0 Å². The Hall–Kier alpha value is -0.830. The second-order valence-electron chi connectivity index (χ2n) is 2.36. The van der Waals surface area contributed by atoms with Crippen LogP contribution in [0.4, 0.5) is 10.5 Å². The molecule has 0 bridgehead atoms. The standard InChI is InChI=1S/C7H7IN2O3S/c8-5-1-3-6(4-2-5)10(7(9)11)14(12)13/h1-4,14H,(H2,9,11). The molecule has 14 heavy (non-hydrogen) atoms. The average Bonchev–Trinajstić information content (AvgIpc) is 2.07. The predicted molar refractivity (Wildman–Crippen MR) is 61.5 cm³/mol. The zero-order chi connectivity index (χ0) is 10.7. The van der Waals surface area contributed by atoms with Crippen molar-refractivity contribution in [3.8, 4) is 0 Å². The molecular weight excluding hydrogens is 319 g/mol. The number of carbonyl (C=O) groups excluding carboxylic acids is 1. The lowest BCUT2D eigenvalue weighted by Gasteiger charge is -2.12. The lowest BCUT2D eigenvalue weighted by Crippen LogP contribution is -2.34. The zero-order valence-corrected chi connectivity index (χ0v) is 9.94. The van der Waals surface area contributed by atoms with Crippen molar-refractivity contribution in [2.75, 3.05) is 4.31 Å². The summed E-state index contributed by atoms with van der Waals surface area (Å²) in [6.45, 7) is 0. The van der Waals surface area contributed by atoms with Gasteiger partial charge in [-0.3, -0.25) is 0 Å². The van der Waals surface area contributed by atoms with E-state index in [0.29, 0.717) is 4.31 Å². The minimum atomic E-state index is -3.03. The smallest absolute Gasteiger partial charge is 0.333 e. The van der Waals surface area contributed by atoms with Crippen LogP contribution < -0.4 is 10.0 Å². The van der Waals surface area contributed by atoms with E-state index < -0.39 is 16.9 Å². The predicted octanol–water partition coefficient (Wildman–Crippen LogP) is 0.703. The highest BCUT2D eigenvalue weighted by Gasteiger charge is 2.13. The molecule has 0 aromatic heterocycles. The van der Waals surface area contributed by atoms with Crippen molar-refractivity contribution < 1.29 is 13.2 Å². The van der Waals surface area contributed by atoms with Crippen molar-refractivity contribution in [1.82, 2.24) is 0 Å². The molecule has 1 aromatic rings. The zero-order valence-electron chi connectivity index (χ0n) is 6.88. The van der Waals surface area contributed by atoms with Crippen LogP contribution in [-0.2, 0) is 10.9 Å². The minimum absolute atomic E-state index is 0.244. The average molecular weight is 326 g/mol. The van der Waals surface area contributed by atoms with Crippen LogP contribution in [0.2, 0.25) is 0 Å². The van der Waals surface area contributed by atoms with E-state index in [1.807, 2.05) is 0 Å². The third-order valence-electron chi connectivity index (χ3n) is 1.44. The number of hydrogen-bond acceptors (Lipinski definition) is 3. The number of nitrogens with two attached hydrogens (primary N) is 1. The Labute approximate surface area is 96.1 Å².